The van der Waals surface area contributed by atoms with E-state index in [2.05, 4.69) is 29.4 Å². The number of benzene rings is 1. The van der Waals surface area contributed by atoms with Crippen LogP contribution in [0.4, 0.5) is 4.39 Å². The third-order valence-electron chi connectivity index (χ3n) is 4.63. The molecule has 0 aliphatic carbocycles. The van der Waals surface area contributed by atoms with Crippen molar-refractivity contribution in [1.29, 1.82) is 0 Å². The molecule has 144 valence electrons. The van der Waals surface area contributed by atoms with E-state index in [0.717, 1.165) is 17.7 Å². The Labute approximate surface area is 158 Å². The Morgan fingerprint density at radius 1 is 1.37 bits per heavy atom. The smallest absolute Gasteiger partial charge is 0.272 e. The van der Waals surface area contributed by atoms with Crippen LogP contribution in [-0.4, -0.2) is 46.0 Å². The molecular formula is C20H25FN4O2. The van der Waals surface area contributed by atoms with E-state index in [-0.39, 0.29) is 23.7 Å². The van der Waals surface area contributed by atoms with Gasteiger partial charge in [-0.2, -0.15) is 5.10 Å². The Kier molecular flexibility index (Phi) is 5.88. The fourth-order valence-electron chi connectivity index (χ4n) is 3.28. The third-order valence-corrected chi connectivity index (χ3v) is 4.63. The Balaban J connectivity index is 1.50. The SMILES string of the molecule is CC(C)Cc1cc(C(=O)N[C@@H]2CC(=O)N(CCc3ccc(F)cc3)C2)n[nH]1. The van der Waals surface area contributed by atoms with Crippen LogP contribution in [0.5, 0.6) is 0 Å². The molecule has 1 atom stereocenters. The number of nitrogens with zero attached hydrogens (tertiary/aromatic N) is 2. The monoisotopic (exact) mass is 372 g/mol. The molecule has 3 rings (SSSR count). The largest absolute Gasteiger partial charge is 0.346 e. The molecule has 0 radical (unpaired) electrons. The van der Waals surface area contributed by atoms with Crippen molar-refractivity contribution in [2.75, 3.05) is 13.1 Å². The number of carbonyl (C=O) groups is 2. The zero-order valence-electron chi connectivity index (χ0n) is 15.7. The van der Waals surface area contributed by atoms with E-state index >= 15 is 0 Å². The van der Waals surface area contributed by atoms with Gasteiger partial charge in [-0.05, 0) is 42.5 Å². The first-order valence-electron chi connectivity index (χ1n) is 9.28. The molecule has 0 unspecified atom stereocenters. The molecule has 1 aromatic heterocycles. The maximum absolute atomic E-state index is 13.0. The summed E-state index contributed by atoms with van der Waals surface area (Å²) < 4.78 is 13.0. The molecule has 0 saturated carbocycles. The van der Waals surface area contributed by atoms with Crippen molar-refractivity contribution < 1.29 is 14.0 Å². The van der Waals surface area contributed by atoms with Gasteiger partial charge in [-0.1, -0.05) is 26.0 Å². The van der Waals surface area contributed by atoms with Crippen molar-refractivity contribution in [3.05, 3.63) is 53.1 Å². The lowest BCUT2D eigenvalue weighted by Gasteiger charge is -2.17. The summed E-state index contributed by atoms with van der Waals surface area (Å²) in [5.41, 5.74) is 2.26. The summed E-state index contributed by atoms with van der Waals surface area (Å²) in [5, 5.41) is 9.85. The lowest BCUT2D eigenvalue weighted by Crippen LogP contribution is -2.37. The third kappa shape index (κ3) is 5.15. The van der Waals surface area contributed by atoms with Crippen LogP contribution in [0.15, 0.2) is 30.3 Å². The van der Waals surface area contributed by atoms with Crippen LogP contribution in [0, 0.1) is 11.7 Å². The maximum Gasteiger partial charge on any atom is 0.272 e. The highest BCUT2D eigenvalue weighted by Crippen LogP contribution is 2.14. The summed E-state index contributed by atoms with van der Waals surface area (Å²) in [6, 6.07) is 7.83. The fourth-order valence-corrected chi connectivity index (χ4v) is 3.28. The van der Waals surface area contributed by atoms with Crippen LogP contribution in [0.1, 0.15) is 42.0 Å². The van der Waals surface area contributed by atoms with E-state index in [1.54, 1.807) is 23.1 Å². The number of amides is 2. The highest BCUT2D eigenvalue weighted by atomic mass is 19.1. The van der Waals surface area contributed by atoms with Crippen molar-refractivity contribution in [1.82, 2.24) is 20.4 Å². The van der Waals surface area contributed by atoms with Gasteiger partial charge in [0.25, 0.3) is 5.91 Å². The first-order chi connectivity index (χ1) is 12.9. The Morgan fingerprint density at radius 3 is 2.81 bits per heavy atom. The zero-order chi connectivity index (χ0) is 19.4. The summed E-state index contributed by atoms with van der Waals surface area (Å²) in [7, 11) is 0. The maximum atomic E-state index is 13.0. The molecule has 2 heterocycles. The van der Waals surface area contributed by atoms with Gasteiger partial charge < -0.3 is 10.2 Å². The molecule has 0 bridgehead atoms. The van der Waals surface area contributed by atoms with Gasteiger partial charge >= 0.3 is 0 Å². The highest BCUT2D eigenvalue weighted by molar-refractivity contribution is 5.93. The molecule has 2 N–H and O–H groups in total. The van der Waals surface area contributed by atoms with E-state index in [9.17, 15) is 14.0 Å². The molecule has 1 aliphatic rings. The van der Waals surface area contributed by atoms with Crippen molar-refractivity contribution in [3.63, 3.8) is 0 Å². The quantitative estimate of drug-likeness (QED) is 0.783. The van der Waals surface area contributed by atoms with Crippen LogP contribution in [0.3, 0.4) is 0 Å². The Hall–Kier alpha value is -2.70. The molecule has 1 aliphatic heterocycles. The fraction of sp³-hybridized carbons (Fsp3) is 0.450. The number of carbonyl (C=O) groups excluding carboxylic acids is 2. The van der Waals surface area contributed by atoms with Crippen LogP contribution < -0.4 is 5.32 Å². The average molecular weight is 372 g/mol. The van der Waals surface area contributed by atoms with E-state index in [4.69, 9.17) is 0 Å². The van der Waals surface area contributed by atoms with Gasteiger partial charge in [0.2, 0.25) is 5.91 Å². The molecule has 1 fully saturated rings. The first-order valence-corrected chi connectivity index (χ1v) is 9.28. The second-order valence-electron chi connectivity index (χ2n) is 7.47. The van der Waals surface area contributed by atoms with E-state index in [0.29, 0.717) is 37.5 Å². The van der Waals surface area contributed by atoms with Gasteiger partial charge in [-0.25, -0.2) is 4.39 Å². The molecule has 27 heavy (non-hydrogen) atoms. The predicted octanol–water partition coefficient (Wildman–Crippen LogP) is 2.32. The Morgan fingerprint density at radius 2 is 2.11 bits per heavy atom. The summed E-state index contributed by atoms with van der Waals surface area (Å²) in [4.78, 5) is 26.3. The van der Waals surface area contributed by atoms with Crippen LogP contribution >= 0.6 is 0 Å². The summed E-state index contributed by atoms with van der Waals surface area (Å²) >= 11 is 0. The molecule has 2 aromatic rings. The molecule has 2 amide bonds. The summed E-state index contributed by atoms with van der Waals surface area (Å²) in [6.07, 6.45) is 1.78. The van der Waals surface area contributed by atoms with Gasteiger partial charge in [-0.15, -0.1) is 0 Å². The second kappa shape index (κ2) is 8.33. The van der Waals surface area contributed by atoms with Gasteiger partial charge in [0, 0.05) is 25.2 Å². The minimum atomic E-state index is -0.270. The minimum Gasteiger partial charge on any atom is -0.346 e. The topological polar surface area (TPSA) is 78.1 Å². The van der Waals surface area contributed by atoms with Gasteiger partial charge in [0.05, 0.1) is 6.04 Å². The molecule has 0 spiro atoms. The number of hydrogen-bond donors (Lipinski definition) is 2. The number of rotatable bonds is 7. The number of aromatic nitrogens is 2. The van der Waals surface area contributed by atoms with Gasteiger partial charge in [0.15, 0.2) is 0 Å². The average Bonchev–Trinajstić information content (AvgIpc) is 3.20. The zero-order valence-corrected chi connectivity index (χ0v) is 15.7. The minimum absolute atomic E-state index is 0.0185. The molecule has 1 aromatic carbocycles. The van der Waals surface area contributed by atoms with Crippen LogP contribution in [-0.2, 0) is 17.6 Å². The molecule has 7 heteroatoms. The van der Waals surface area contributed by atoms with E-state index < -0.39 is 0 Å². The number of hydrogen-bond acceptors (Lipinski definition) is 3. The summed E-state index contributed by atoms with van der Waals surface area (Å²) in [6.45, 7) is 5.24. The van der Waals surface area contributed by atoms with E-state index in [1.807, 2.05) is 0 Å². The van der Waals surface area contributed by atoms with Gasteiger partial charge in [0.1, 0.15) is 11.5 Å². The van der Waals surface area contributed by atoms with Crippen molar-refractivity contribution in [3.8, 4) is 0 Å². The number of aromatic amines is 1. The molecular weight excluding hydrogens is 347 g/mol. The lowest BCUT2D eigenvalue weighted by atomic mass is 10.1. The molecule has 1 saturated heterocycles. The lowest BCUT2D eigenvalue weighted by molar-refractivity contribution is -0.127. The van der Waals surface area contributed by atoms with Crippen LogP contribution in [0.2, 0.25) is 0 Å². The number of H-pyrrole nitrogens is 1. The number of nitrogens with one attached hydrogen (secondary N) is 2. The molecule has 6 nitrogen and oxygen atoms in total. The van der Waals surface area contributed by atoms with Crippen molar-refractivity contribution >= 4 is 11.8 Å². The summed E-state index contributed by atoms with van der Waals surface area (Å²) in [5.74, 6) is -0.0402. The number of halogens is 1. The van der Waals surface area contributed by atoms with Crippen molar-refractivity contribution in [2.45, 2.75) is 39.2 Å². The standard InChI is InChI=1S/C20H25FN4O2/c1-13(2)9-16-10-18(24-23-16)20(27)22-17-11-19(26)25(12-17)8-7-14-3-5-15(21)6-4-14/h3-6,10,13,17H,7-9,11-12H2,1-2H3,(H,22,27)(H,23,24)/t17-/m1/s1. The van der Waals surface area contributed by atoms with Crippen molar-refractivity contribution in [2.24, 2.45) is 5.92 Å². The normalized spacial score (nSPS) is 17.0. The van der Waals surface area contributed by atoms with Crippen LogP contribution in [0.25, 0.3) is 0 Å². The highest BCUT2D eigenvalue weighted by Gasteiger charge is 2.30. The number of likely N-dealkylation sites (tertiary alicyclic amines) is 1. The predicted molar refractivity (Wildman–Crippen MR) is 99.7 cm³/mol. The Bertz CT molecular complexity index is 801. The van der Waals surface area contributed by atoms with E-state index in [1.165, 1.54) is 12.1 Å². The second-order valence-corrected chi connectivity index (χ2v) is 7.47. The van der Waals surface area contributed by atoms with Gasteiger partial charge in [-0.3, -0.25) is 14.7 Å². The first kappa shape index (κ1) is 19.1.